The first kappa shape index (κ1) is 19.0. The molecular weight excluding hydrogens is 345 g/mol. The molecule has 1 rings (SSSR count). The van der Waals surface area contributed by atoms with Gasteiger partial charge in [0, 0.05) is 0 Å². The molecule has 4 nitrogen and oxygen atoms in total. The maximum Gasteiger partial charge on any atom is 0.446 e. The second-order valence-electron chi connectivity index (χ2n) is 3.95. The van der Waals surface area contributed by atoms with Gasteiger partial charge in [0.2, 0.25) is 0 Å². The van der Waals surface area contributed by atoms with Crippen LogP contribution in [0.5, 0.6) is 5.75 Å². The molecule has 0 radical (unpaired) electrons. The highest BCUT2D eigenvalue weighted by molar-refractivity contribution is 8.00. The highest BCUT2D eigenvalue weighted by atomic mass is 32.2. The number of esters is 1. The minimum atomic E-state index is -4.75. The van der Waals surface area contributed by atoms with E-state index < -0.39 is 52.5 Å². The van der Waals surface area contributed by atoms with Crippen LogP contribution < -0.4 is 4.74 Å². The van der Waals surface area contributed by atoms with Gasteiger partial charge in [-0.3, -0.25) is 4.79 Å². The number of hydrogen-bond donors (Lipinski definition) is 0. The minimum Gasteiger partial charge on any atom is -0.466 e. The highest BCUT2D eigenvalue weighted by Crippen LogP contribution is 2.44. The maximum absolute atomic E-state index is 12.5. The average molecular weight is 355 g/mol. The zero-order valence-electron chi connectivity index (χ0n) is 11.6. The number of thioether (sulfide) groups is 1. The van der Waals surface area contributed by atoms with Gasteiger partial charge in [-0.2, -0.15) is 27.2 Å². The highest BCUT2D eigenvalue weighted by Gasteiger charge is 2.33. The number of ether oxygens (including phenoxy) is 2. The van der Waals surface area contributed by atoms with Crippen LogP contribution >= 0.6 is 11.8 Å². The van der Waals surface area contributed by atoms with Crippen LogP contribution in [0.25, 0.3) is 0 Å². The predicted octanol–water partition coefficient (Wildman–Crippen LogP) is 3.88. The number of nitrogens with zero attached hydrogens (tertiary/aromatic N) is 1. The van der Waals surface area contributed by atoms with E-state index in [4.69, 9.17) is 5.26 Å². The van der Waals surface area contributed by atoms with Crippen LogP contribution in [-0.2, 0) is 16.0 Å². The Bertz CT molecular complexity index is 613. The summed E-state index contributed by atoms with van der Waals surface area (Å²) in [5, 5.41) is 9.06. The first-order valence-electron chi connectivity index (χ1n) is 6.10. The fourth-order valence-electron chi connectivity index (χ4n) is 1.65. The van der Waals surface area contributed by atoms with Crippen molar-refractivity contribution in [2.24, 2.45) is 0 Å². The summed E-state index contributed by atoms with van der Waals surface area (Å²) >= 11 is -0.689. The summed E-state index contributed by atoms with van der Waals surface area (Å²) in [5.41, 5.74) is -5.38. The zero-order valence-corrected chi connectivity index (χ0v) is 12.4. The molecule has 0 N–H and O–H groups in total. The monoisotopic (exact) mass is 355 g/mol. The van der Waals surface area contributed by atoms with Gasteiger partial charge in [-0.15, -0.1) is 0 Å². The van der Waals surface area contributed by atoms with Gasteiger partial charge in [-0.25, -0.2) is 0 Å². The van der Waals surface area contributed by atoms with Gasteiger partial charge in [0.15, 0.2) is 5.75 Å². The van der Waals surface area contributed by atoms with E-state index in [9.17, 15) is 26.7 Å². The Morgan fingerprint density at radius 3 is 2.52 bits per heavy atom. The van der Waals surface area contributed by atoms with Crippen LogP contribution in [0.3, 0.4) is 0 Å². The van der Waals surface area contributed by atoms with Crippen molar-refractivity contribution in [1.29, 1.82) is 5.26 Å². The van der Waals surface area contributed by atoms with Crippen molar-refractivity contribution in [3.8, 4) is 11.8 Å². The number of hydrogen-bond acceptors (Lipinski definition) is 5. The molecule has 0 saturated heterocycles. The lowest BCUT2D eigenvalue weighted by atomic mass is 10.0. The largest absolute Gasteiger partial charge is 0.466 e. The van der Waals surface area contributed by atoms with Crippen molar-refractivity contribution in [1.82, 2.24) is 0 Å². The summed E-state index contributed by atoms with van der Waals surface area (Å²) in [6, 6.07) is 3.43. The number of halogens is 5. The first-order chi connectivity index (χ1) is 10.7. The average Bonchev–Trinajstić information content (AvgIpc) is 2.40. The molecule has 1 aromatic carbocycles. The van der Waals surface area contributed by atoms with Crippen molar-refractivity contribution < 1.29 is 36.2 Å². The van der Waals surface area contributed by atoms with Gasteiger partial charge in [-0.05, 0) is 30.3 Å². The maximum atomic E-state index is 12.5. The summed E-state index contributed by atoms with van der Waals surface area (Å²) < 4.78 is 71.0. The topological polar surface area (TPSA) is 59.3 Å². The number of carbonyl (C=O) groups is 1. The van der Waals surface area contributed by atoms with Gasteiger partial charge in [-0.1, -0.05) is 6.07 Å². The molecule has 10 heteroatoms. The number of alkyl halides is 5. The summed E-state index contributed by atoms with van der Waals surface area (Å²) in [6.07, 6.45) is -0.451. The van der Waals surface area contributed by atoms with Crippen molar-refractivity contribution in [3.05, 3.63) is 23.3 Å². The Morgan fingerprint density at radius 1 is 1.39 bits per heavy atom. The van der Waals surface area contributed by atoms with E-state index in [0.29, 0.717) is 0 Å². The van der Waals surface area contributed by atoms with Crippen LogP contribution in [-0.4, -0.2) is 24.7 Å². The summed E-state index contributed by atoms with van der Waals surface area (Å²) in [5.74, 6) is -1.66. The molecule has 23 heavy (non-hydrogen) atoms. The van der Waals surface area contributed by atoms with E-state index in [1.165, 1.54) is 13.0 Å². The van der Waals surface area contributed by atoms with Crippen LogP contribution in [0.15, 0.2) is 17.0 Å². The molecule has 0 spiro atoms. The third-order valence-electron chi connectivity index (χ3n) is 2.39. The quantitative estimate of drug-likeness (QED) is 0.440. The third-order valence-corrected chi connectivity index (χ3v) is 3.17. The standard InChI is InChI=1S/C13H10F5NO3S/c1-2-21-10(20)5-7-3-4-9(23-13(16,17)18)11(8(7)6-19)22-12(14)15/h3-4,12H,2,5H2,1H3. The van der Waals surface area contributed by atoms with Crippen LogP contribution in [0.2, 0.25) is 0 Å². The molecule has 1 aromatic rings. The molecular formula is C13H10F5NO3S. The number of rotatable bonds is 6. The predicted molar refractivity (Wildman–Crippen MR) is 70.0 cm³/mol. The smallest absolute Gasteiger partial charge is 0.446 e. The number of carbonyl (C=O) groups excluding carboxylic acids is 1. The Hall–Kier alpha value is -2.02. The molecule has 0 fully saturated rings. The van der Waals surface area contributed by atoms with Gasteiger partial charge in [0.25, 0.3) is 0 Å². The summed E-state index contributed by atoms with van der Waals surface area (Å²) in [7, 11) is 0. The van der Waals surface area contributed by atoms with Crippen molar-refractivity contribution in [2.45, 2.75) is 30.4 Å². The summed E-state index contributed by atoms with van der Waals surface area (Å²) in [4.78, 5) is 10.7. The van der Waals surface area contributed by atoms with Crippen molar-refractivity contribution >= 4 is 17.7 Å². The van der Waals surface area contributed by atoms with E-state index in [1.807, 2.05) is 0 Å². The fraction of sp³-hybridized carbons (Fsp3) is 0.385. The fourth-order valence-corrected chi connectivity index (χ4v) is 2.28. The van der Waals surface area contributed by atoms with Gasteiger partial charge < -0.3 is 9.47 Å². The van der Waals surface area contributed by atoms with E-state index >= 15 is 0 Å². The van der Waals surface area contributed by atoms with Crippen LogP contribution in [0.4, 0.5) is 22.0 Å². The SMILES string of the molecule is CCOC(=O)Cc1ccc(SC(F)(F)F)c(OC(F)F)c1C#N. The molecule has 0 bridgehead atoms. The van der Waals surface area contributed by atoms with E-state index in [2.05, 4.69) is 9.47 Å². The first-order valence-corrected chi connectivity index (χ1v) is 6.91. The van der Waals surface area contributed by atoms with Crippen molar-refractivity contribution in [3.63, 3.8) is 0 Å². The van der Waals surface area contributed by atoms with Gasteiger partial charge in [0.1, 0.15) is 6.07 Å². The van der Waals surface area contributed by atoms with E-state index in [-0.39, 0.29) is 12.2 Å². The lowest BCUT2D eigenvalue weighted by molar-refractivity contribution is -0.142. The minimum absolute atomic E-state index is 0.0587. The lowest BCUT2D eigenvalue weighted by Crippen LogP contribution is -2.12. The lowest BCUT2D eigenvalue weighted by Gasteiger charge is -2.15. The Balaban J connectivity index is 3.31. The van der Waals surface area contributed by atoms with Crippen LogP contribution in [0, 0.1) is 11.3 Å². The van der Waals surface area contributed by atoms with Gasteiger partial charge >= 0.3 is 18.1 Å². The van der Waals surface area contributed by atoms with E-state index in [1.54, 1.807) is 0 Å². The molecule has 0 amide bonds. The molecule has 0 aliphatic carbocycles. The Kier molecular flexibility index (Phi) is 6.62. The molecule has 0 aromatic heterocycles. The van der Waals surface area contributed by atoms with Crippen LogP contribution in [0.1, 0.15) is 18.1 Å². The van der Waals surface area contributed by atoms with Crippen molar-refractivity contribution in [2.75, 3.05) is 6.61 Å². The Morgan fingerprint density at radius 2 is 2.04 bits per heavy atom. The Labute approximate surface area is 132 Å². The summed E-state index contributed by atoms with van der Waals surface area (Å²) in [6.45, 7) is -1.83. The number of nitriles is 1. The molecule has 0 saturated carbocycles. The second kappa shape index (κ2) is 8.01. The molecule has 126 valence electrons. The molecule has 0 aliphatic rings. The molecule has 0 aliphatic heterocycles. The number of benzene rings is 1. The van der Waals surface area contributed by atoms with E-state index in [0.717, 1.165) is 12.1 Å². The second-order valence-corrected chi connectivity index (χ2v) is 5.05. The molecule has 0 unspecified atom stereocenters. The zero-order chi connectivity index (χ0) is 17.6. The third kappa shape index (κ3) is 5.94. The molecule has 0 atom stereocenters. The molecule has 0 heterocycles. The van der Waals surface area contributed by atoms with Gasteiger partial charge in [0.05, 0.1) is 23.5 Å². The normalized spacial score (nSPS) is 11.2.